The monoisotopic (exact) mass is 535 g/mol. The number of aryl methyl sites for hydroxylation is 2. The molecule has 0 amide bonds. The Morgan fingerprint density at radius 2 is 1.34 bits per heavy atom. The highest BCUT2D eigenvalue weighted by Gasteiger charge is 2.46. The molecule has 3 aromatic rings. The van der Waals surface area contributed by atoms with E-state index in [1.807, 2.05) is 50.2 Å². The van der Waals surface area contributed by atoms with Crippen LogP contribution in [-0.2, 0) is 24.6 Å². The van der Waals surface area contributed by atoms with Gasteiger partial charge < -0.3 is 0 Å². The summed E-state index contributed by atoms with van der Waals surface area (Å²) in [6.07, 6.45) is 0. The maximum atomic E-state index is 12.5. The SMILES string of the molecule is CO[P+](O)(OC)c1ccc(C)cc1P(c1ccc(C(C)(C)C)cc1)c1cc(C)ccc1S(=O)(=O)O. The van der Waals surface area contributed by atoms with Crippen LogP contribution in [0.1, 0.15) is 37.5 Å². The molecule has 0 saturated carbocycles. The van der Waals surface area contributed by atoms with E-state index < -0.39 is 26.0 Å². The van der Waals surface area contributed by atoms with Gasteiger partial charge >= 0.3 is 7.94 Å². The van der Waals surface area contributed by atoms with E-state index in [-0.39, 0.29) is 10.3 Å². The molecular weight excluding hydrogens is 502 g/mol. The van der Waals surface area contributed by atoms with E-state index in [1.54, 1.807) is 18.2 Å². The third-order valence-corrected chi connectivity index (χ3v) is 11.5. The molecule has 1 unspecified atom stereocenters. The van der Waals surface area contributed by atoms with Gasteiger partial charge in [-0.15, -0.1) is 0 Å². The minimum absolute atomic E-state index is 0.0589. The first-order valence-electron chi connectivity index (χ1n) is 11.0. The zero-order valence-electron chi connectivity index (χ0n) is 21.1. The molecule has 3 aromatic carbocycles. The van der Waals surface area contributed by atoms with Crippen molar-refractivity contribution in [3.05, 3.63) is 77.4 Å². The van der Waals surface area contributed by atoms with Gasteiger partial charge in [-0.2, -0.15) is 22.4 Å². The lowest BCUT2D eigenvalue weighted by Gasteiger charge is -2.26. The topological polar surface area (TPSA) is 93.1 Å². The van der Waals surface area contributed by atoms with Crippen LogP contribution in [0, 0.1) is 13.8 Å². The van der Waals surface area contributed by atoms with Crippen LogP contribution in [0.15, 0.2) is 65.6 Å². The van der Waals surface area contributed by atoms with Crippen molar-refractivity contribution in [3.8, 4) is 0 Å². The second kappa shape index (κ2) is 10.4. The summed E-state index contributed by atoms with van der Waals surface area (Å²) >= 11 is 0. The Balaban J connectivity index is 2.44. The van der Waals surface area contributed by atoms with Crippen LogP contribution in [-0.4, -0.2) is 32.1 Å². The summed E-state index contributed by atoms with van der Waals surface area (Å²) in [6, 6.07) is 18.5. The minimum Gasteiger partial charge on any atom is -0.282 e. The van der Waals surface area contributed by atoms with Gasteiger partial charge in [0, 0.05) is 10.6 Å². The molecule has 0 radical (unpaired) electrons. The maximum absolute atomic E-state index is 12.5. The van der Waals surface area contributed by atoms with E-state index in [1.165, 1.54) is 20.3 Å². The Morgan fingerprint density at radius 1 is 0.829 bits per heavy atom. The van der Waals surface area contributed by atoms with Crippen LogP contribution >= 0.6 is 15.9 Å². The number of hydrogen-bond acceptors (Lipinski definition) is 5. The lowest BCUT2D eigenvalue weighted by molar-refractivity contribution is 0.253. The standard InChI is InChI=1S/C26H32O6P2S/c1-18-8-14-24(34(27,31-6)32-7)22(16-18)33(21-12-10-20(11-13-21)26(3,4)5)23-17-19(2)9-15-25(23)35(28,29)30/h8-17,27H,1-7H3/p+1. The van der Waals surface area contributed by atoms with Crippen LogP contribution in [0.4, 0.5) is 0 Å². The summed E-state index contributed by atoms with van der Waals surface area (Å²) in [7, 11) is -6.71. The Hall–Kier alpha value is -1.69. The van der Waals surface area contributed by atoms with Crippen LogP contribution in [0.3, 0.4) is 0 Å². The van der Waals surface area contributed by atoms with Crippen molar-refractivity contribution < 1.29 is 26.9 Å². The van der Waals surface area contributed by atoms with E-state index in [0.717, 1.165) is 22.0 Å². The van der Waals surface area contributed by atoms with E-state index in [4.69, 9.17) is 9.05 Å². The molecule has 0 bridgehead atoms. The van der Waals surface area contributed by atoms with Gasteiger partial charge in [-0.05, 0) is 62.3 Å². The van der Waals surface area contributed by atoms with Crippen molar-refractivity contribution >= 4 is 47.2 Å². The van der Waals surface area contributed by atoms with Gasteiger partial charge in [-0.1, -0.05) is 68.3 Å². The molecule has 0 saturated heterocycles. The smallest absolute Gasteiger partial charge is 0.282 e. The third kappa shape index (κ3) is 6.00. The first-order valence-corrected chi connectivity index (χ1v) is 15.4. The molecule has 0 aliphatic rings. The predicted octanol–water partition coefficient (Wildman–Crippen LogP) is 4.28. The summed E-state index contributed by atoms with van der Waals surface area (Å²) in [5.74, 6) is 0. The normalized spacial score (nSPS) is 13.6. The molecule has 35 heavy (non-hydrogen) atoms. The average Bonchev–Trinajstić information content (AvgIpc) is 2.78. The van der Waals surface area contributed by atoms with Crippen molar-refractivity contribution in [3.63, 3.8) is 0 Å². The van der Waals surface area contributed by atoms with Gasteiger partial charge in [0.1, 0.15) is 4.90 Å². The van der Waals surface area contributed by atoms with Crippen molar-refractivity contribution in [2.45, 2.75) is 44.9 Å². The van der Waals surface area contributed by atoms with Crippen molar-refractivity contribution in [2.24, 2.45) is 0 Å². The number of rotatable bonds is 7. The van der Waals surface area contributed by atoms with Gasteiger partial charge in [0.25, 0.3) is 10.1 Å². The molecule has 0 fully saturated rings. The molecular formula is C26H33O6P2S+. The Labute approximate surface area is 210 Å². The van der Waals surface area contributed by atoms with Gasteiger partial charge in [-0.3, -0.25) is 4.55 Å². The highest BCUT2D eigenvalue weighted by atomic mass is 32.2. The fourth-order valence-electron chi connectivity index (χ4n) is 3.86. The summed E-state index contributed by atoms with van der Waals surface area (Å²) < 4.78 is 45.9. The number of hydrogen-bond donors (Lipinski definition) is 2. The molecule has 2 N–H and O–H groups in total. The highest BCUT2D eigenvalue weighted by Crippen LogP contribution is 2.55. The quantitative estimate of drug-likeness (QED) is 0.347. The molecule has 0 spiro atoms. The summed E-state index contributed by atoms with van der Waals surface area (Å²) in [6.45, 7) is 10.2. The van der Waals surface area contributed by atoms with E-state index in [2.05, 4.69) is 20.8 Å². The second-order valence-corrected chi connectivity index (χ2v) is 15.2. The molecule has 9 heteroatoms. The van der Waals surface area contributed by atoms with E-state index >= 15 is 0 Å². The first kappa shape index (κ1) is 27.9. The van der Waals surface area contributed by atoms with Gasteiger partial charge in [0.2, 0.25) is 0 Å². The van der Waals surface area contributed by atoms with Crippen LogP contribution < -0.4 is 21.2 Å². The highest BCUT2D eigenvalue weighted by molar-refractivity contribution is 7.88. The molecule has 6 nitrogen and oxygen atoms in total. The van der Waals surface area contributed by atoms with Gasteiger partial charge in [0.05, 0.1) is 14.2 Å². The Bertz CT molecular complexity index is 1310. The summed E-state index contributed by atoms with van der Waals surface area (Å²) in [5.41, 5.74) is 2.86. The maximum Gasteiger partial charge on any atom is 0.446 e. The largest absolute Gasteiger partial charge is 0.446 e. The first-order chi connectivity index (χ1) is 16.2. The number of benzene rings is 3. The third-order valence-electron chi connectivity index (χ3n) is 5.80. The Kier molecular flexibility index (Phi) is 8.25. The van der Waals surface area contributed by atoms with Crippen LogP contribution in [0.2, 0.25) is 0 Å². The van der Waals surface area contributed by atoms with Crippen molar-refractivity contribution in [1.29, 1.82) is 0 Å². The van der Waals surface area contributed by atoms with Crippen LogP contribution in [0.25, 0.3) is 0 Å². The zero-order chi connectivity index (χ0) is 26.2. The van der Waals surface area contributed by atoms with E-state index in [0.29, 0.717) is 15.9 Å². The molecule has 1 atom stereocenters. The minimum atomic E-state index is -4.51. The lowest BCUT2D eigenvalue weighted by atomic mass is 9.87. The molecule has 188 valence electrons. The second-order valence-electron chi connectivity index (χ2n) is 9.46. The van der Waals surface area contributed by atoms with Crippen molar-refractivity contribution in [1.82, 2.24) is 0 Å². The Morgan fingerprint density at radius 3 is 1.83 bits per heavy atom. The van der Waals surface area contributed by atoms with Gasteiger partial charge in [-0.25, -0.2) is 0 Å². The average molecular weight is 536 g/mol. The summed E-state index contributed by atoms with van der Waals surface area (Å²) in [5, 5.41) is 2.52. The molecule has 3 rings (SSSR count). The molecule has 0 aliphatic heterocycles. The molecule has 0 aromatic heterocycles. The van der Waals surface area contributed by atoms with Crippen molar-refractivity contribution in [2.75, 3.05) is 14.2 Å². The van der Waals surface area contributed by atoms with Gasteiger partial charge in [0.15, 0.2) is 5.30 Å². The predicted molar refractivity (Wildman–Crippen MR) is 146 cm³/mol. The lowest BCUT2D eigenvalue weighted by Crippen LogP contribution is -2.35. The molecule has 0 heterocycles. The van der Waals surface area contributed by atoms with E-state index in [9.17, 15) is 17.9 Å². The zero-order valence-corrected chi connectivity index (χ0v) is 23.7. The summed E-state index contributed by atoms with van der Waals surface area (Å²) in [4.78, 5) is 11.1. The molecule has 0 aliphatic carbocycles. The fraction of sp³-hybridized carbons (Fsp3) is 0.308. The van der Waals surface area contributed by atoms with Crippen LogP contribution in [0.5, 0.6) is 0 Å². The fourth-order valence-corrected chi connectivity index (χ4v) is 9.41.